The van der Waals surface area contributed by atoms with E-state index >= 15 is 0 Å². The van der Waals surface area contributed by atoms with Gasteiger partial charge in [0.1, 0.15) is 5.76 Å². The molecule has 0 amide bonds. The van der Waals surface area contributed by atoms with Crippen LogP contribution in [0, 0.1) is 11.7 Å². The maximum absolute atomic E-state index is 13.9. The summed E-state index contributed by atoms with van der Waals surface area (Å²) in [6, 6.07) is 3.41. The fourth-order valence-corrected chi connectivity index (χ4v) is 2.36. The molecule has 2 rings (SSSR count). The van der Waals surface area contributed by atoms with E-state index in [4.69, 9.17) is 16.0 Å². The van der Waals surface area contributed by atoms with E-state index in [0.717, 1.165) is 29.7 Å². The summed E-state index contributed by atoms with van der Waals surface area (Å²) >= 11 is 5.79. The summed E-state index contributed by atoms with van der Waals surface area (Å²) < 4.78 is 19.6. The van der Waals surface area contributed by atoms with Gasteiger partial charge in [0.05, 0.1) is 11.6 Å². The van der Waals surface area contributed by atoms with Crippen molar-refractivity contribution in [3.63, 3.8) is 0 Å². The van der Waals surface area contributed by atoms with E-state index in [1.165, 1.54) is 0 Å². The molecule has 0 atom stereocenters. The summed E-state index contributed by atoms with van der Waals surface area (Å²) in [5.74, 6) is 0.906. The van der Waals surface area contributed by atoms with E-state index < -0.39 is 5.82 Å². The second-order valence-corrected chi connectivity index (χ2v) is 5.53. The average molecular weight is 284 g/mol. The number of rotatable bonds is 5. The molecule has 4 heteroatoms. The number of benzene rings is 1. The van der Waals surface area contributed by atoms with Gasteiger partial charge in [0.15, 0.2) is 11.4 Å². The predicted molar refractivity (Wildman–Crippen MR) is 77.1 cm³/mol. The zero-order valence-corrected chi connectivity index (χ0v) is 12.3. The van der Waals surface area contributed by atoms with Crippen LogP contribution in [0.2, 0.25) is 5.02 Å². The molecule has 1 heterocycles. The lowest BCUT2D eigenvalue weighted by molar-refractivity contribution is 0.471. The second-order valence-electron chi connectivity index (χ2n) is 5.12. The molecule has 0 aliphatic rings. The van der Waals surface area contributed by atoms with Crippen molar-refractivity contribution < 1.29 is 8.81 Å². The molecule has 1 aromatic heterocycles. The highest BCUT2D eigenvalue weighted by Crippen LogP contribution is 2.31. The highest BCUT2D eigenvalue weighted by molar-refractivity contribution is 6.31. The monoisotopic (exact) mass is 283 g/mol. The highest BCUT2D eigenvalue weighted by Gasteiger charge is 2.17. The van der Waals surface area contributed by atoms with Crippen LogP contribution in [-0.2, 0) is 13.0 Å². The van der Waals surface area contributed by atoms with Crippen molar-refractivity contribution in [2.75, 3.05) is 6.54 Å². The van der Waals surface area contributed by atoms with Crippen LogP contribution in [0.5, 0.6) is 0 Å². The van der Waals surface area contributed by atoms with Crippen LogP contribution in [0.4, 0.5) is 4.39 Å². The van der Waals surface area contributed by atoms with Crippen molar-refractivity contribution in [3.05, 3.63) is 34.3 Å². The number of nitrogens with one attached hydrogen (secondary N) is 1. The molecule has 0 saturated carbocycles. The normalized spacial score (nSPS) is 11.7. The Balaban J connectivity index is 2.35. The molecular formula is C15H19ClFNO. The summed E-state index contributed by atoms with van der Waals surface area (Å²) in [5.41, 5.74) is 1.33. The van der Waals surface area contributed by atoms with Crippen molar-refractivity contribution in [2.24, 2.45) is 5.92 Å². The Bertz CT molecular complexity index is 577. The van der Waals surface area contributed by atoms with Crippen molar-refractivity contribution in [1.29, 1.82) is 0 Å². The molecule has 0 saturated heterocycles. The number of aryl methyl sites for hydroxylation is 1. The third-order valence-corrected chi connectivity index (χ3v) is 3.42. The first-order chi connectivity index (χ1) is 9.04. The zero-order chi connectivity index (χ0) is 14.0. The van der Waals surface area contributed by atoms with Gasteiger partial charge in [-0.05, 0) is 31.0 Å². The molecule has 1 N–H and O–H groups in total. The Kier molecular flexibility index (Phi) is 4.48. The first-order valence-electron chi connectivity index (χ1n) is 6.63. The van der Waals surface area contributed by atoms with Crippen molar-refractivity contribution >= 4 is 22.6 Å². The van der Waals surface area contributed by atoms with Gasteiger partial charge >= 0.3 is 0 Å². The van der Waals surface area contributed by atoms with Gasteiger partial charge in [-0.1, -0.05) is 32.4 Å². The predicted octanol–water partition coefficient (Wildman–Crippen LogP) is 4.53. The Morgan fingerprint density at radius 2 is 2.11 bits per heavy atom. The van der Waals surface area contributed by atoms with E-state index in [-0.39, 0.29) is 10.6 Å². The molecule has 0 spiro atoms. The van der Waals surface area contributed by atoms with E-state index in [9.17, 15) is 4.39 Å². The number of hydrogen-bond acceptors (Lipinski definition) is 2. The van der Waals surface area contributed by atoms with Crippen LogP contribution < -0.4 is 5.32 Å². The van der Waals surface area contributed by atoms with E-state index in [1.807, 2.05) is 13.0 Å². The minimum Gasteiger partial charge on any atom is -0.456 e. The molecule has 2 aromatic rings. The number of furan rings is 1. The fourth-order valence-electron chi connectivity index (χ4n) is 2.21. The summed E-state index contributed by atoms with van der Waals surface area (Å²) in [5, 5.41) is 4.25. The molecule has 0 aliphatic carbocycles. The van der Waals surface area contributed by atoms with Gasteiger partial charge in [-0.3, -0.25) is 0 Å². The van der Waals surface area contributed by atoms with Crippen LogP contribution in [0.3, 0.4) is 0 Å². The third kappa shape index (κ3) is 2.93. The highest BCUT2D eigenvalue weighted by atomic mass is 35.5. The van der Waals surface area contributed by atoms with Crippen molar-refractivity contribution in [2.45, 2.75) is 33.7 Å². The van der Waals surface area contributed by atoms with E-state index in [1.54, 1.807) is 6.07 Å². The molecule has 0 unspecified atom stereocenters. The number of halogens is 2. The Labute approximate surface area is 117 Å². The minimum atomic E-state index is -0.469. The molecule has 2 nitrogen and oxygen atoms in total. The van der Waals surface area contributed by atoms with Gasteiger partial charge < -0.3 is 9.73 Å². The van der Waals surface area contributed by atoms with Crippen molar-refractivity contribution in [1.82, 2.24) is 5.32 Å². The minimum absolute atomic E-state index is 0.102. The summed E-state index contributed by atoms with van der Waals surface area (Å²) in [7, 11) is 0. The van der Waals surface area contributed by atoms with Crippen LogP contribution in [0.1, 0.15) is 32.1 Å². The SMILES string of the molecule is CCc1c(CNCC(C)C)oc2c(F)c(Cl)ccc12. The third-order valence-electron chi connectivity index (χ3n) is 3.13. The first-order valence-corrected chi connectivity index (χ1v) is 7.01. The Hall–Kier alpha value is -1.06. The number of hydrogen-bond donors (Lipinski definition) is 1. The quantitative estimate of drug-likeness (QED) is 0.872. The molecule has 0 bridgehead atoms. The molecule has 19 heavy (non-hydrogen) atoms. The van der Waals surface area contributed by atoms with Gasteiger partial charge in [-0.25, -0.2) is 4.39 Å². The topological polar surface area (TPSA) is 25.2 Å². The maximum atomic E-state index is 13.9. The number of fused-ring (bicyclic) bond motifs is 1. The maximum Gasteiger partial charge on any atom is 0.184 e. The smallest absolute Gasteiger partial charge is 0.184 e. The lowest BCUT2D eigenvalue weighted by atomic mass is 10.1. The van der Waals surface area contributed by atoms with Crippen LogP contribution in [-0.4, -0.2) is 6.54 Å². The molecule has 0 aliphatic heterocycles. The van der Waals surface area contributed by atoms with E-state index in [0.29, 0.717) is 12.5 Å². The second kappa shape index (κ2) is 5.93. The molecule has 1 aromatic carbocycles. The summed E-state index contributed by atoms with van der Waals surface area (Å²) in [6.45, 7) is 7.86. The van der Waals surface area contributed by atoms with Gasteiger partial charge in [-0.15, -0.1) is 0 Å². The average Bonchev–Trinajstić information content (AvgIpc) is 2.72. The molecule has 0 fully saturated rings. The van der Waals surface area contributed by atoms with Gasteiger partial charge in [0.25, 0.3) is 0 Å². The lowest BCUT2D eigenvalue weighted by Crippen LogP contribution is -2.19. The first kappa shape index (κ1) is 14.4. The van der Waals surface area contributed by atoms with Gasteiger partial charge in [-0.2, -0.15) is 0 Å². The van der Waals surface area contributed by atoms with E-state index in [2.05, 4.69) is 19.2 Å². The molecule has 104 valence electrons. The van der Waals surface area contributed by atoms with Crippen LogP contribution in [0.15, 0.2) is 16.5 Å². The van der Waals surface area contributed by atoms with Gasteiger partial charge in [0, 0.05) is 10.9 Å². The van der Waals surface area contributed by atoms with Crippen LogP contribution in [0.25, 0.3) is 11.0 Å². The Morgan fingerprint density at radius 1 is 1.37 bits per heavy atom. The summed E-state index contributed by atoms with van der Waals surface area (Å²) in [4.78, 5) is 0. The zero-order valence-electron chi connectivity index (χ0n) is 11.5. The van der Waals surface area contributed by atoms with Crippen LogP contribution >= 0.6 is 11.6 Å². The fraction of sp³-hybridized carbons (Fsp3) is 0.467. The largest absolute Gasteiger partial charge is 0.456 e. The molecular weight excluding hydrogens is 265 g/mol. The molecule has 0 radical (unpaired) electrons. The standard InChI is InChI=1S/C15H19ClFNO/c1-4-10-11-5-6-12(16)14(17)15(11)19-13(10)8-18-7-9(2)3/h5-6,9,18H,4,7-8H2,1-3H3. The lowest BCUT2D eigenvalue weighted by Gasteiger charge is -2.06. The Morgan fingerprint density at radius 3 is 2.74 bits per heavy atom. The van der Waals surface area contributed by atoms with Crippen molar-refractivity contribution in [3.8, 4) is 0 Å². The summed E-state index contributed by atoms with van der Waals surface area (Å²) in [6.07, 6.45) is 0.812. The van der Waals surface area contributed by atoms with Gasteiger partial charge in [0.2, 0.25) is 0 Å².